The number of nitrogens with zero attached hydrogens (tertiary/aromatic N) is 1. The molecule has 0 fully saturated rings. The first-order valence-corrected chi connectivity index (χ1v) is 7.28. The summed E-state index contributed by atoms with van der Waals surface area (Å²) in [5.41, 5.74) is 1.09. The lowest BCUT2D eigenvalue weighted by Crippen LogP contribution is -2.19. The number of amides is 1. The topological polar surface area (TPSA) is 105 Å². The Morgan fingerprint density at radius 2 is 1.80 bits per heavy atom. The Hall–Kier alpha value is -3.29. The zero-order valence-electron chi connectivity index (χ0n) is 13.3. The van der Waals surface area contributed by atoms with E-state index in [1.165, 1.54) is 48.0 Å². The molecule has 7 nitrogen and oxygen atoms in total. The number of rotatable bonds is 7. The van der Waals surface area contributed by atoms with Gasteiger partial charge < -0.3 is 15.0 Å². The van der Waals surface area contributed by atoms with Crippen LogP contribution in [0.2, 0.25) is 0 Å². The number of carboxylic acid groups (broad SMARTS) is 1. The molecule has 1 aromatic heterocycles. The van der Waals surface area contributed by atoms with E-state index in [-0.39, 0.29) is 18.1 Å². The normalized spacial score (nSPS) is 10.3. The van der Waals surface area contributed by atoms with Gasteiger partial charge in [0.1, 0.15) is 5.82 Å². The van der Waals surface area contributed by atoms with E-state index in [4.69, 9.17) is 5.11 Å². The minimum absolute atomic E-state index is 0.0719. The van der Waals surface area contributed by atoms with E-state index in [0.29, 0.717) is 11.3 Å². The van der Waals surface area contributed by atoms with Crippen molar-refractivity contribution < 1.29 is 28.7 Å². The van der Waals surface area contributed by atoms with Crippen molar-refractivity contribution in [3.05, 3.63) is 53.6 Å². The fourth-order valence-electron chi connectivity index (χ4n) is 2.25. The van der Waals surface area contributed by atoms with E-state index in [1.807, 2.05) is 0 Å². The third kappa shape index (κ3) is 4.84. The van der Waals surface area contributed by atoms with Crippen LogP contribution in [-0.4, -0.2) is 33.1 Å². The molecule has 1 heterocycles. The second kappa shape index (κ2) is 7.52. The van der Waals surface area contributed by atoms with Crippen LogP contribution in [0.25, 0.3) is 0 Å². The smallest absolute Gasteiger partial charge is 0.372 e. The van der Waals surface area contributed by atoms with Gasteiger partial charge in [0.25, 0.3) is 0 Å². The Balaban J connectivity index is 2.31. The molecule has 2 aromatic rings. The number of aliphatic carboxylic acids is 1. The molecular formula is C17H15FN2O5. The van der Waals surface area contributed by atoms with E-state index in [9.17, 15) is 23.6 Å². The van der Waals surface area contributed by atoms with Crippen molar-refractivity contribution in [2.45, 2.75) is 19.9 Å². The standard InChI is InChI=1S/C17H15FN2O5/c1-10(21)19-13-6-14(15(22)7-16(23)17(24)25)20(9-13)8-11-2-4-12(18)5-3-11/h2-6,9H,7-8H2,1H3,(H,19,21)(H,24,25). The predicted octanol–water partition coefficient (Wildman–Crippen LogP) is 1.86. The number of hydrogen-bond donors (Lipinski definition) is 2. The minimum atomic E-state index is -1.69. The van der Waals surface area contributed by atoms with E-state index in [0.717, 1.165) is 0 Å². The first-order valence-electron chi connectivity index (χ1n) is 7.28. The average molecular weight is 346 g/mol. The fraction of sp³-hybridized carbons (Fsp3) is 0.176. The second-order valence-corrected chi connectivity index (χ2v) is 5.38. The van der Waals surface area contributed by atoms with Crippen molar-refractivity contribution in [3.8, 4) is 0 Å². The van der Waals surface area contributed by atoms with Crippen LogP contribution in [-0.2, 0) is 20.9 Å². The summed E-state index contributed by atoms with van der Waals surface area (Å²) in [5, 5.41) is 11.1. The maximum Gasteiger partial charge on any atom is 0.372 e. The van der Waals surface area contributed by atoms with Gasteiger partial charge in [-0.1, -0.05) is 12.1 Å². The van der Waals surface area contributed by atoms with Crippen LogP contribution in [0.3, 0.4) is 0 Å². The summed E-state index contributed by atoms with van der Waals surface area (Å²) in [6.45, 7) is 1.48. The summed E-state index contributed by atoms with van der Waals surface area (Å²) in [4.78, 5) is 45.3. The molecule has 0 atom stereocenters. The van der Waals surface area contributed by atoms with Crippen LogP contribution in [0.1, 0.15) is 29.4 Å². The van der Waals surface area contributed by atoms with Gasteiger partial charge in [-0.25, -0.2) is 9.18 Å². The second-order valence-electron chi connectivity index (χ2n) is 5.38. The number of benzene rings is 1. The summed E-state index contributed by atoms with van der Waals surface area (Å²) in [5.74, 6) is -4.35. The first-order chi connectivity index (χ1) is 11.8. The van der Waals surface area contributed by atoms with Crippen molar-refractivity contribution in [1.29, 1.82) is 0 Å². The van der Waals surface area contributed by atoms with Crippen molar-refractivity contribution >= 4 is 29.1 Å². The highest BCUT2D eigenvalue weighted by atomic mass is 19.1. The highest BCUT2D eigenvalue weighted by molar-refractivity contribution is 6.37. The van der Waals surface area contributed by atoms with Crippen molar-refractivity contribution in [2.24, 2.45) is 0 Å². The molecule has 0 saturated heterocycles. The summed E-state index contributed by atoms with van der Waals surface area (Å²) in [6.07, 6.45) is 0.700. The summed E-state index contributed by atoms with van der Waals surface area (Å²) >= 11 is 0. The molecule has 0 saturated carbocycles. The molecule has 0 aliphatic carbocycles. The molecule has 0 radical (unpaired) electrons. The largest absolute Gasteiger partial charge is 0.475 e. The van der Waals surface area contributed by atoms with Gasteiger partial charge in [0.15, 0.2) is 5.78 Å². The molecule has 0 aliphatic heterocycles. The molecule has 2 rings (SSSR count). The molecule has 1 amide bonds. The Morgan fingerprint density at radius 1 is 1.16 bits per heavy atom. The number of carboxylic acids is 1. The Kier molecular flexibility index (Phi) is 5.43. The Labute approximate surface area is 142 Å². The number of hydrogen-bond acceptors (Lipinski definition) is 4. The number of carbonyl (C=O) groups is 4. The van der Waals surface area contributed by atoms with Crippen LogP contribution >= 0.6 is 0 Å². The molecule has 25 heavy (non-hydrogen) atoms. The molecule has 130 valence electrons. The van der Waals surface area contributed by atoms with E-state index < -0.39 is 29.8 Å². The van der Waals surface area contributed by atoms with E-state index in [2.05, 4.69) is 5.32 Å². The SMILES string of the molecule is CC(=O)Nc1cc(C(=O)CC(=O)C(=O)O)n(Cc2ccc(F)cc2)c1. The highest BCUT2D eigenvalue weighted by Gasteiger charge is 2.21. The molecule has 0 bridgehead atoms. The number of carbonyl (C=O) groups excluding carboxylic acids is 3. The van der Waals surface area contributed by atoms with Crippen molar-refractivity contribution in [1.82, 2.24) is 4.57 Å². The molecule has 0 unspecified atom stereocenters. The molecule has 2 N–H and O–H groups in total. The molecule has 0 aliphatic rings. The number of anilines is 1. The Morgan fingerprint density at radius 3 is 2.36 bits per heavy atom. The van der Waals surface area contributed by atoms with Crippen molar-refractivity contribution in [2.75, 3.05) is 5.32 Å². The highest BCUT2D eigenvalue weighted by Crippen LogP contribution is 2.18. The van der Waals surface area contributed by atoms with Gasteiger partial charge in [-0.2, -0.15) is 0 Å². The molecule has 8 heteroatoms. The lowest BCUT2D eigenvalue weighted by atomic mass is 10.1. The van der Waals surface area contributed by atoms with Gasteiger partial charge in [-0.15, -0.1) is 0 Å². The van der Waals surface area contributed by atoms with E-state index in [1.54, 1.807) is 0 Å². The van der Waals surface area contributed by atoms with Crippen LogP contribution in [0, 0.1) is 5.82 Å². The van der Waals surface area contributed by atoms with Gasteiger partial charge in [-0.05, 0) is 23.8 Å². The third-order valence-electron chi connectivity index (χ3n) is 3.33. The third-order valence-corrected chi connectivity index (χ3v) is 3.33. The summed E-state index contributed by atoms with van der Waals surface area (Å²) < 4.78 is 14.5. The quantitative estimate of drug-likeness (QED) is 0.452. The molecule has 0 spiro atoms. The summed E-state index contributed by atoms with van der Waals surface area (Å²) in [7, 11) is 0. The van der Waals surface area contributed by atoms with Crippen LogP contribution < -0.4 is 5.32 Å². The Bertz CT molecular complexity index is 839. The van der Waals surface area contributed by atoms with Gasteiger partial charge in [-0.3, -0.25) is 14.4 Å². The zero-order chi connectivity index (χ0) is 18.6. The van der Waals surface area contributed by atoms with Crippen molar-refractivity contribution in [3.63, 3.8) is 0 Å². The number of aromatic nitrogens is 1. The maximum absolute atomic E-state index is 13.0. The predicted molar refractivity (Wildman–Crippen MR) is 85.8 cm³/mol. The van der Waals surface area contributed by atoms with Gasteiger partial charge in [0.05, 0.1) is 17.8 Å². The number of ketones is 2. The van der Waals surface area contributed by atoms with Crippen LogP contribution in [0.5, 0.6) is 0 Å². The van der Waals surface area contributed by atoms with Gasteiger partial charge in [0, 0.05) is 19.7 Å². The van der Waals surface area contributed by atoms with Crippen LogP contribution in [0.15, 0.2) is 36.5 Å². The van der Waals surface area contributed by atoms with Crippen LogP contribution in [0.4, 0.5) is 10.1 Å². The number of nitrogens with one attached hydrogen (secondary N) is 1. The number of halogens is 1. The summed E-state index contributed by atoms with van der Waals surface area (Å²) in [6, 6.07) is 6.96. The van der Waals surface area contributed by atoms with E-state index >= 15 is 0 Å². The molecule has 1 aromatic carbocycles. The lowest BCUT2D eigenvalue weighted by Gasteiger charge is -2.08. The average Bonchev–Trinajstić information content (AvgIpc) is 2.91. The molecular weight excluding hydrogens is 331 g/mol. The minimum Gasteiger partial charge on any atom is -0.475 e. The lowest BCUT2D eigenvalue weighted by molar-refractivity contribution is -0.148. The monoisotopic (exact) mass is 346 g/mol. The zero-order valence-corrected chi connectivity index (χ0v) is 13.3. The fourth-order valence-corrected chi connectivity index (χ4v) is 2.25. The first kappa shape index (κ1) is 18.1. The van der Waals surface area contributed by atoms with Gasteiger partial charge in [0.2, 0.25) is 11.7 Å². The number of Topliss-reactive ketones (excluding diaryl/α,β-unsaturated/α-hetero) is 2. The maximum atomic E-state index is 13.0. The van der Waals surface area contributed by atoms with Gasteiger partial charge >= 0.3 is 5.97 Å².